The van der Waals surface area contributed by atoms with Crippen molar-refractivity contribution in [2.24, 2.45) is 5.92 Å². The zero-order chi connectivity index (χ0) is 30.4. The number of pyridine rings is 1. The van der Waals surface area contributed by atoms with E-state index in [9.17, 15) is 4.79 Å². The number of carbonyl (C=O) groups excluding carboxylic acids is 1. The first-order valence-corrected chi connectivity index (χ1v) is 16.0. The van der Waals surface area contributed by atoms with Gasteiger partial charge < -0.3 is 29.2 Å². The molecule has 1 N–H and O–H groups in total. The lowest BCUT2D eigenvalue weighted by Gasteiger charge is -2.35. The van der Waals surface area contributed by atoms with E-state index < -0.39 is 0 Å². The number of nitrogens with zero attached hydrogens (tertiary/aromatic N) is 4. The number of fused-ring (bicyclic) bond motifs is 1. The first-order chi connectivity index (χ1) is 21.7. The Kier molecular flexibility index (Phi) is 12.3. The molecule has 236 valence electrons. The van der Waals surface area contributed by atoms with E-state index >= 15 is 0 Å². The van der Waals surface area contributed by atoms with Crippen LogP contribution in [0.1, 0.15) is 43.7 Å². The zero-order valence-corrected chi connectivity index (χ0v) is 25.8. The number of benzene rings is 1. The first-order valence-electron chi connectivity index (χ1n) is 16.0. The van der Waals surface area contributed by atoms with Gasteiger partial charge in [-0.05, 0) is 61.3 Å². The third-order valence-corrected chi connectivity index (χ3v) is 7.96. The molecule has 1 aliphatic carbocycles. The van der Waals surface area contributed by atoms with Crippen molar-refractivity contribution in [1.82, 2.24) is 15.0 Å². The van der Waals surface area contributed by atoms with E-state index in [4.69, 9.17) is 28.9 Å². The fourth-order valence-electron chi connectivity index (χ4n) is 5.47. The van der Waals surface area contributed by atoms with Crippen LogP contribution in [0.15, 0.2) is 54.7 Å². The third-order valence-electron chi connectivity index (χ3n) is 7.96. The quantitative estimate of drug-likeness (QED) is 0.172. The third kappa shape index (κ3) is 9.70. The lowest BCUT2D eigenvalue weighted by Crippen LogP contribution is -2.37. The van der Waals surface area contributed by atoms with Gasteiger partial charge in [-0.25, -0.2) is 9.97 Å². The number of rotatable bonds is 17. The molecule has 0 spiro atoms. The van der Waals surface area contributed by atoms with Gasteiger partial charge in [-0.3, -0.25) is 9.78 Å². The monoisotopic (exact) mass is 603 g/mol. The topological polar surface area (TPSA) is 108 Å². The van der Waals surface area contributed by atoms with Crippen LogP contribution >= 0.6 is 0 Å². The second-order valence-electron chi connectivity index (χ2n) is 11.3. The Labute approximate surface area is 260 Å². The summed E-state index contributed by atoms with van der Waals surface area (Å²) in [5.74, 6) is 2.50. The molecule has 1 aliphatic heterocycles. The Balaban J connectivity index is 1.05. The van der Waals surface area contributed by atoms with Gasteiger partial charge in [-0.1, -0.05) is 37.3 Å². The number of carbonyl (C=O) groups is 1. The molecule has 1 aromatic carbocycles. The largest absolute Gasteiger partial charge is 0.462 e. The molecule has 0 bridgehead atoms. The van der Waals surface area contributed by atoms with Gasteiger partial charge in [0.25, 0.3) is 0 Å². The Morgan fingerprint density at radius 3 is 2.25 bits per heavy atom. The van der Waals surface area contributed by atoms with E-state index in [1.807, 2.05) is 24.3 Å². The van der Waals surface area contributed by atoms with Gasteiger partial charge in [-0.15, -0.1) is 0 Å². The van der Waals surface area contributed by atoms with Gasteiger partial charge in [0, 0.05) is 38.5 Å². The summed E-state index contributed by atoms with van der Waals surface area (Å²) in [6, 6.07) is 16.5. The minimum atomic E-state index is -0.213. The zero-order valence-electron chi connectivity index (χ0n) is 25.8. The lowest BCUT2D eigenvalue weighted by atomic mass is 9.82. The molecule has 44 heavy (non-hydrogen) atoms. The highest BCUT2D eigenvalue weighted by Crippen LogP contribution is 2.31. The van der Waals surface area contributed by atoms with Gasteiger partial charge in [0.1, 0.15) is 23.4 Å². The van der Waals surface area contributed by atoms with Crippen molar-refractivity contribution in [2.75, 3.05) is 69.5 Å². The molecule has 0 saturated heterocycles. The van der Waals surface area contributed by atoms with E-state index in [0.717, 1.165) is 75.7 Å². The van der Waals surface area contributed by atoms with Crippen LogP contribution in [0.5, 0.6) is 0 Å². The fraction of sp³-hybridized carbons (Fsp3) is 0.529. The van der Waals surface area contributed by atoms with E-state index in [2.05, 4.69) is 46.4 Å². The Hall–Kier alpha value is -3.60. The van der Waals surface area contributed by atoms with Gasteiger partial charge in [0.05, 0.1) is 39.5 Å². The Morgan fingerprint density at radius 2 is 1.57 bits per heavy atom. The number of hydrogen-bond donors (Lipinski definition) is 1. The molecular weight excluding hydrogens is 558 g/mol. The van der Waals surface area contributed by atoms with Gasteiger partial charge in [0.15, 0.2) is 5.82 Å². The maximum Gasteiger partial charge on any atom is 0.308 e. The smallest absolute Gasteiger partial charge is 0.308 e. The van der Waals surface area contributed by atoms with Crippen LogP contribution < -0.4 is 10.2 Å². The van der Waals surface area contributed by atoms with Crippen molar-refractivity contribution < 1.29 is 23.7 Å². The minimum Gasteiger partial charge on any atom is -0.462 e. The molecule has 5 rings (SSSR count). The summed E-state index contributed by atoms with van der Waals surface area (Å²) in [5, 5.41) is 3.53. The number of esters is 1. The number of ether oxygens (including phenoxy) is 4. The normalized spacial score (nSPS) is 17.8. The van der Waals surface area contributed by atoms with Crippen LogP contribution in [0.2, 0.25) is 0 Å². The van der Waals surface area contributed by atoms with Gasteiger partial charge >= 0.3 is 5.97 Å². The number of nitrogens with one attached hydrogen (secondary N) is 1. The average molecular weight is 604 g/mol. The van der Waals surface area contributed by atoms with Crippen molar-refractivity contribution >= 4 is 17.6 Å². The van der Waals surface area contributed by atoms with Crippen molar-refractivity contribution in [3.8, 4) is 11.5 Å². The second-order valence-corrected chi connectivity index (χ2v) is 11.3. The van der Waals surface area contributed by atoms with Crippen molar-refractivity contribution in [2.45, 2.75) is 51.6 Å². The molecule has 2 aliphatic rings. The minimum absolute atomic E-state index is 0.0375. The molecule has 1 saturated carbocycles. The maximum absolute atomic E-state index is 12.2. The first kappa shape index (κ1) is 31.8. The van der Waals surface area contributed by atoms with E-state index in [1.165, 1.54) is 11.1 Å². The van der Waals surface area contributed by atoms with Crippen molar-refractivity contribution in [3.63, 3.8) is 0 Å². The van der Waals surface area contributed by atoms with Crippen LogP contribution in [0.25, 0.3) is 11.5 Å². The molecule has 0 unspecified atom stereocenters. The molecule has 3 aromatic rings. The van der Waals surface area contributed by atoms with E-state index in [-0.39, 0.29) is 18.5 Å². The van der Waals surface area contributed by atoms with Gasteiger partial charge in [0.2, 0.25) is 0 Å². The fourth-order valence-corrected chi connectivity index (χ4v) is 5.47. The van der Waals surface area contributed by atoms with Crippen molar-refractivity contribution in [3.05, 3.63) is 65.9 Å². The summed E-state index contributed by atoms with van der Waals surface area (Å²) in [4.78, 5) is 28.8. The summed E-state index contributed by atoms with van der Waals surface area (Å²) < 4.78 is 21.9. The van der Waals surface area contributed by atoms with E-state index in [0.29, 0.717) is 44.8 Å². The van der Waals surface area contributed by atoms with E-state index in [1.54, 1.807) is 6.20 Å². The van der Waals surface area contributed by atoms with Crippen LogP contribution in [-0.4, -0.2) is 86.3 Å². The molecule has 3 heterocycles. The molecule has 10 nitrogen and oxygen atoms in total. The Morgan fingerprint density at radius 1 is 0.886 bits per heavy atom. The molecule has 1 fully saturated rings. The van der Waals surface area contributed by atoms with Crippen LogP contribution in [0, 0.1) is 5.92 Å². The summed E-state index contributed by atoms with van der Waals surface area (Å²) in [6.45, 7) is 7.82. The second kappa shape index (κ2) is 17.0. The highest BCUT2D eigenvalue weighted by Gasteiger charge is 2.32. The van der Waals surface area contributed by atoms with Gasteiger partial charge in [-0.2, -0.15) is 0 Å². The number of aromatic nitrogens is 3. The molecule has 2 aromatic heterocycles. The predicted molar refractivity (Wildman–Crippen MR) is 170 cm³/mol. The average Bonchev–Trinajstić information content (AvgIpc) is 3.26. The summed E-state index contributed by atoms with van der Waals surface area (Å²) in [6.07, 6.45) is 6.63. The van der Waals surface area contributed by atoms with Crippen LogP contribution in [0.3, 0.4) is 0 Å². The highest BCUT2D eigenvalue weighted by atomic mass is 16.6. The molecule has 0 atom stereocenters. The van der Waals surface area contributed by atoms with Crippen molar-refractivity contribution in [1.29, 1.82) is 0 Å². The molecular formula is C34H45N5O5. The maximum atomic E-state index is 12.2. The van der Waals surface area contributed by atoms with Crippen LogP contribution in [-0.2, 0) is 36.6 Å². The standard InChI is InChI=1S/C34H45N5O5/c1-2-16-41-18-20-43-21-19-42-17-12-33(40)44-29-22-26(23-29)25-36-31-24-32(38-34(37-31)30-9-5-6-13-35-30)39-14-10-27-7-3-4-8-28(27)11-15-39/h3-9,13,24,26,29H,2,10-12,14-23,25H2,1H3,(H,36,37,38)/t26-,29-. The molecule has 0 radical (unpaired) electrons. The van der Waals surface area contributed by atoms with Crippen LogP contribution in [0.4, 0.5) is 11.6 Å². The Bertz CT molecular complexity index is 1280. The summed E-state index contributed by atoms with van der Waals surface area (Å²) in [7, 11) is 0. The predicted octanol–water partition coefficient (Wildman–Crippen LogP) is 4.73. The SMILES string of the molecule is CCCOCCOCCOCCC(=O)O[C@H]1C[C@H](CNc2cc(N3CCc4ccccc4CC3)nc(-c3ccccn3)n2)C1. The lowest BCUT2D eigenvalue weighted by molar-refractivity contribution is -0.156. The molecule has 10 heteroatoms. The number of hydrogen-bond acceptors (Lipinski definition) is 10. The number of anilines is 2. The summed E-state index contributed by atoms with van der Waals surface area (Å²) in [5.41, 5.74) is 3.57. The molecule has 0 amide bonds. The highest BCUT2D eigenvalue weighted by molar-refractivity contribution is 5.69. The summed E-state index contributed by atoms with van der Waals surface area (Å²) >= 11 is 0.